The van der Waals surface area contributed by atoms with E-state index in [1.165, 1.54) is 0 Å². The molecule has 1 aliphatic heterocycles. The van der Waals surface area contributed by atoms with Gasteiger partial charge in [-0.1, -0.05) is 35.8 Å². The molecule has 0 spiro atoms. The van der Waals surface area contributed by atoms with E-state index in [4.69, 9.17) is 16.1 Å². The molecule has 1 N–H and O–H groups in total. The summed E-state index contributed by atoms with van der Waals surface area (Å²) in [6, 6.07) is 7.54. The van der Waals surface area contributed by atoms with Crippen molar-refractivity contribution in [3.8, 4) is 0 Å². The molecule has 1 unspecified atom stereocenters. The van der Waals surface area contributed by atoms with Gasteiger partial charge in [0, 0.05) is 24.7 Å². The number of nitrogens with zero attached hydrogens (tertiary/aromatic N) is 4. The number of halogens is 1. The maximum Gasteiger partial charge on any atom is 0.263 e. The fourth-order valence-corrected chi connectivity index (χ4v) is 4.04. The van der Waals surface area contributed by atoms with E-state index in [-0.39, 0.29) is 11.8 Å². The summed E-state index contributed by atoms with van der Waals surface area (Å²) in [5.74, 6) is 1.41. The van der Waals surface area contributed by atoms with Gasteiger partial charge in [-0.05, 0) is 43.9 Å². The predicted octanol–water partition coefficient (Wildman–Crippen LogP) is 3.67. The van der Waals surface area contributed by atoms with Gasteiger partial charge in [0.25, 0.3) is 5.71 Å². The Morgan fingerprint density at radius 1 is 1.38 bits per heavy atom. The monoisotopic (exact) mass is 413 g/mol. The maximum absolute atomic E-state index is 12.8. The molecule has 3 heterocycles. The number of rotatable bonds is 5. The van der Waals surface area contributed by atoms with E-state index in [0.29, 0.717) is 29.7 Å². The highest BCUT2D eigenvalue weighted by Crippen LogP contribution is 2.31. The van der Waals surface area contributed by atoms with Crippen LogP contribution in [0.25, 0.3) is 11.1 Å². The van der Waals surface area contributed by atoms with Crippen LogP contribution in [0.15, 0.2) is 28.8 Å². The number of hydrogen-bond acceptors (Lipinski definition) is 6. The normalized spacial score (nSPS) is 16.9. The van der Waals surface area contributed by atoms with E-state index < -0.39 is 0 Å². The Bertz CT molecular complexity index is 1040. The maximum atomic E-state index is 12.8. The van der Waals surface area contributed by atoms with Gasteiger partial charge in [-0.2, -0.15) is 4.98 Å². The van der Waals surface area contributed by atoms with Crippen LogP contribution >= 0.6 is 11.6 Å². The topological polar surface area (TPSA) is 84.2 Å². The van der Waals surface area contributed by atoms with Crippen LogP contribution in [0.5, 0.6) is 0 Å². The first kappa shape index (κ1) is 19.6. The number of aromatic nitrogens is 3. The number of piperidine rings is 1. The standard InChI is InChI=1S/C21H24ClN5O2/c1-3-17-18-19(24-13(2)25-21(18)29-26-17)27-9-5-7-15(12-27)20(28)23-11-14-6-4-8-16(22)10-14/h4,6,8,10,15H,3,5,7,9,11-12H2,1-2H3,(H,23,28). The van der Waals surface area contributed by atoms with Crippen molar-refractivity contribution in [3.63, 3.8) is 0 Å². The predicted molar refractivity (Wildman–Crippen MR) is 112 cm³/mol. The lowest BCUT2D eigenvalue weighted by atomic mass is 9.96. The highest BCUT2D eigenvalue weighted by atomic mass is 35.5. The van der Waals surface area contributed by atoms with Crippen LogP contribution in [-0.2, 0) is 17.8 Å². The molecule has 0 aliphatic carbocycles. The third-order valence-corrected chi connectivity index (χ3v) is 5.52. The lowest BCUT2D eigenvalue weighted by Gasteiger charge is -2.33. The summed E-state index contributed by atoms with van der Waals surface area (Å²) in [6.45, 7) is 5.80. The second-order valence-electron chi connectivity index (χ2n) is 7.39. The third kappa shape index (κ3) is 4.19. The van der Waals surface area contributed by atoms with Gasteiger partial charge >= 0.3 is 0 Å². The molecule has 0 saturated carbocycles. The molecular weight excluding hydrogens is 390 g/mol. The van der Waals surface area contributed by atoms with E-state index in [1.807, 2.05) is 38.1 Å². The summed E-state index contributed by atoms with van der Waals surface area (Å²) in [5.41, 5.74) is 2.35. The smallest absolute Gasteiger partial charge is 0.263 e. The second-order valence-corrected chi connectivity index (χ2v) is 7.83. The molecule has 1 amide bonds. The molecular formula is C21H24ClN5O2. The average Bonchev–Trinajstić information content (AvgIpc) is 3.14. The average molecular weight is 414 g/mol. The number of carbonyl (C=O) groups excluding carboxylic acids is 1. The molecule has 152 valence electrons. The van der Waals surface area contributed by atoms with Crippen molar-refractivity contribution in [2.75, 3.05) is 18.0 Å². The Morgan fingerprint density at radius 2 is 2.24 bits per heavy atom. The largest absolute Gasteiger partial charge is 0.355 e. The molecule has 0 bridgehead atoms. The van der Waals surface area contributed by atoms with Gasteiger partial charge in [-0.15, -0.1) is 0 Å². The minimum Gasteiger partial charge on any atom is -0.355 e. The van der Waals surface area contributed by atoms with Gasteiger partial charge in [0.05, 0.1) is 11.6 Å². The van der Waals surface area contributed by atoms with Gasteiger partial charge in [-0.3, -0.25) is 4.79 Å². The van der Waals surface area contributed by atoms with Crippen molar-refractivity contribution in [1.82, 2.24) is 20.4 Å². The van der Waals surface area contributed by atoms with Crippen LogP contribution in [0, 0.1) is 12.8 Å². The van der Waals surface area contributed by atoms with Crippen molar-refractivity contribution in [2.24, 2.45) is 5.92 Å². The molecule has 3 aromatic rings. The van der Waals surface area contributed by atoms with Gasteiger partial charge < -0.3 is 14.7 Å². The van der Waals surface area contributed by atoms with Crippen LogP contribution in [0.3, 0.4) is 0 Å². The Hall–Kier alpha value is -2.67. The van der Waals surface area contributed by atoms with Gasteiger partial charge in [0.15, 0.2) is 0 Å². The van der Waals surface area contributed by atoms with E-state index in [9.17, 15) is 4.79 Å². The SMILES string of the molecule is CCc1noc2nc(C)nc(N3CCCC(C(=O)NCc4cccc(Cl)c4)C3)c12. The number of aryl methyl sites for hydroxylation is 2. The molecule has 7 nitrogen and oxygen atoms in total. The van der Waals surface area contributed by atoms with Crippen LogP contribution in [0.2, 0.25) is 5.02 Å². The summed E-state index contributed by atoms with van der Waals surface area (Å²) >= 11 is 6.03. The first-order chi connectivity index (χ1) is 14.0. The molecule has 0 radical (unpaired) electrons. The van der Waals surface area contributed by atoms with Crippen molar-refractivity contribution < 1.29 is 9.32 Å². The lowest BCUT2D eigenvalue weighted by Crippen LogP contribution is -2.43. The molecule has 1 aliphatic rings. The fraction of sp³-hybridized carbons (Fsp3) is 0.429. The quantitative estimate of drug-likeness (QED) is 0.686. The van der Waals surface area contributed by atoms with E-state index >= 15 is 0 Å². The Labute approximate surface area is 174 Å². The zero-order valence-corrected chi connectivity index (χ0v) is 17.4. The van der Waals surface area contributed by atoms with Crippen LogP contribution in [0.4, 0.5) is 5.82 Å². The number of carbonyl (C=O) groups is 1. The van der Waals surface area contributed by atoms with E-state index in [0.717, 1.165) is 48.3 Å². The molecule has 1 saturated heterocycles. The van der Waals surface area contributed by atoms with Crippen molar-refractivity contribution in [3.05, 3.63) is 46.4 Å². The Morgan fingerprint density at radius 3 is 3.03 bits per heavy atom. The molecule has 8 heteroatoms. The first-order valence-electron chi connectivity index (χ1n) is 9.95. The fourth-order valence-electron chi connectivity index (χ4n) is 3.83. The number of hydrogen-bond donors (Lipinski definition) is 1. The van der Waals surface area contributed by atoms with E-state index in [2.05, 4.69) is 25.3 Å². The molecule has 4 rings (SSSR count). The summed E-state index contributed by atoms with van der Waals surface area (Å²) < 4.78 is 5.41. The van der Waals surface area contributed by atoms with Gasteiger partial charge in [0.1, 0.15) is 17.0 Å². The molecule has 29 heavy (non-hydrogen) atoms. The first-order valence-corrected chi connectivity index (χ1v) is 10.3. The second kappa shape index (κ2) is 8.37. The summed E-state index contributed by atoms with van der Waals surface area (Å²) in [7, 11) is 0. The number of anilines is 1. The summed E-state index contributed by atoms with van der Waals surface area (Å²) in [5, 5.41) is 8.72. The molecule has 2 aromatic heterocycles. The summed E-state index contributed by atoms with van der Waals surface area (Å²) in [6.07, 6.45) is 2.52. The summed E-state index contributed by atoms with van der Waals surface area (Å²) in [4.78, 5) is 24.0. The van der Waals surface area contributed by atoms with Gasteiger partial charge in [0.2, 0.25) is 5.91 Å². The lowest BCUT2D eigenvalue weighted by molar-refractivity contribution is -0.125. The Balaban J connectivity index is 1.50. The number of nitrogens with one attached hydrogen (secondary N) is 1. The molecule has 1 atom stereocenters. The minimum absolute atomic E-state index is 0.0535. The van der Waals surface area contributed by atoms with Crippen molar-refractivity contribution >= 4 is 34.4 Å². The number of benzene rings is 1. The van der Waals surface area contributed by atoms with Crippen LogP contribution < -0.4 is 10.2 Å². The third-order valence-electron chi connectivity index (χ3n) is 5.28. The highest BCUT2D eigenvalue weighted by molar-refractivity contribution is 6.30. The van der Waals surface area contributed by atoms with Crippen LogP contribution in [0.1, 0.15) is 36.8 Å². The van der Waals surface area contributed by atoms with Crippen molar-refractivity contribution in [2.45, 2.75) is 39.7 Å². The van der Waals surface area contributed by atoms with Gasteiger partial charge in [-0.25, -0.2) is 4.98 Å². The van der Waals surface area contributed by atoms with E-state index in [1.54, 1.807) is 0 Å². The van der Waals surface area contributed by atoms with Crippen LogP contribution in [-0.4, -0.2) is 34.1 Å². The Kier molecular flexibility index (Phi) is 5.67. The number of fused-ring (bicyclic) bond motifs is 1. The number of amides is 1. The molecule has 1 aromatic carbocycles. The van der Waals surface area contributed by atoms with Crippen molar-refractivity contribution in [1.29, 1.82) is 0 Å². The zero-order chi connectivity index (χ0) is 20.4. The minimum atomic E-state index is -0.0989. The molecule has 1 fully saturated rings. The highest BCUT2D eigenvalue weighted by Gasteiger charge is 2.29. The zero-order valence-electron chi connectivity index (χ0n) is 16.6.